The number of alkyl carbamates (subject to hydrolysis) is 1. The summed E-state index contributed by atoms with van der Waals surface area (Å²) in [6, 6.07) is 5.31. The maximum Gasteiger partial charge on any atom is 0.407 e. The predicted octanol–water partition coefficient (Wildman–Crippen LogP) is 3.45. The minimum absolute atomic E-state index is 0.00289. The number of carbonyl (C=O) groups excluding carboxylic acids is 4. The smallest absolute Gasteiger partial charge is 0.407 e. The minimum Gasteiger partial charge on any atom is -0.488 e. The number of hydrogen-bond donors (Lipinski definition) is 3. The molecule has 5 atom stereocenters. The van der Waals surface area contributed by atoms with Crippen LogP contribution in [0.3, 0.4) is 0 Å². The Morgan fingerprint density at radius 1 is 1.12 bits per heavy atom. The summed E-state index contributed by atoms with van der Waals surface area (Å²) in [6.07, 6.45) is 5.53. The first-order valence-corrected chi connectivity index (χ1v) is 19.0. The number of fused-ring (bicyclic) bond motifs is 3. The molecule has 4 aliphatic rings. The van der Waals surface area contributed by atoms with Gasteiger partial charge in [-0.1, -0.05) is 59.4 Å². The van der Waals surface area contributed by atoms with Crippen molar-refractivity contribution < 1.29 is 37.1 Å². The van der Waals surface area contributed by atoms with Crippen LogP contribution in [0.2, 0.25) is 0 Å². The van der Waals surface area contributed by atoms with Crippen molar-refractivity contribution in [3.63, 3.8) is 0 Å². The molecular formula is C35H49N5O8S. The number of nitrogens with one attached hydrogen (secondary N) is 3. The Hall–Kier alpha value is -3.86. The lowest BCUT2D eigenvalue weighted by molar-refractivity contribution is -0.142. The zero-order valence-corrected chi connectivity index (χ0v) is 29.7. The predicted molar refractivity (Wildman–Crippen MR) is 180 cm³/mol. The van der Waals surface area contributed by atoms with Crippen molar-refractivity contribution in [2.75, 3.05) is 13.2 Å². The van der Waals surface area contributed by atoms with Crippen LogP contribution in [0.15, 0.2) is 18.2 Å². The zero-order chi connectivity index (χ0) is 35.6. The molecule has 3 fully saturated rings. The molecular weight excluding hydrogens is 650 g/mol. The Bertz CT molecular complexity index is 1600. The Kier molecular flexibility index (Phi) is 10.8. The standard InChI is InChI=1S/C35H49N5O8S/c1-5-24-19-35(24,32(43)39-49(45,46)26-14-15-26)38-30(41)27-18-25-21-40(27)31(42)29(34(2,3)4)37-33(44)47-16-10-8-6-7-9-11-23-13-12-22(20-36)17-28(23)48-25/h12-13,17,24-27,29H,5-11,14-16,18-19,21H2,1-4H3,(H,37,44)(H,38,41)(H,39,43)/t24-,25-,27+,29-,35-/m1/s1. The van der Waals surface area contributed by atoms with Gasteiger partial charge in [-0.2, -0.15) is 5.26 Å². The molecule has 1 aromatic carbocycles. The van der Waals surface area contributed by atoms with Crippen LogP contribution >= 0.6 is 0 Å². The topological polar surface area (TPSA) is 184 Å². The van der Waals surface area contributed by atoms with E-state index in [0.717, 1.165) is 31.2 Å². The number of benzene rings is 1. The van der Waals surface area contributed by atoms with Crippen LogP contribution in [0.4, 0.5) is 4.79 Å². The van der Waals surface area contributed by atoms with Gasteiger partial charge in [0.2, 0.25) is 21.8 Å². The number of ether oxygens (including phenoxy) is 2. The summed E-state index contributed by atoms with van der Waals surface area (Å²) in [5.41, 5.74) is -0.851. The van der Waals surface area contributed by atoms with Crippen LogP contribution in [0.25, 0.3) is 0 Å². The van der Waals surface area contributed by atoms with Crippen LogP contribution < -0.4 is 20.1 Å². The van der Waals surface area contributed by atoms with Gasteiger partial charge in [-0.25, -0.2) is 13.2 Å². The van der Waals surface area contributed by atoms with Gasteiger partial charge in [0.1, 0.15) is 29.5 Å². The number of amides is 4. The molecule has 0 unspecified atom stereocenters. The molecule has 2 aliphatic carbocycles. The summed E-state index contributed by atoms with van der Waals surface area (Å²) in [7, 11) is -3.85. The fourth-order valence-corrected chi connectivity index (χ4v) is 8.24. The molecule has 0 aromatic heterocycles. The summed E-state index contributed by atoms with van der Waals surface area (Å²) < 4.78 is 39.4. The van der Waals surface area contributed by atoms with E-state index in [1.54, 1.807) is 32.9 Å². The summed E-state index contributed by atoms with van der Waals surface area (Å²) in [5.74, 6) is -1.65. The summed E-state index contributed by atoms with van der Waals surface area (Å²) in [4.78, 5) is 56.3. The third-order valence-electron chi connectivity index (χ3n) is 10.1. The number of cyclic esters (lactones) is 1. The van der Waals surface area contributed by atoms with E-state index < -0.39 is 68.2 Å². The van der Waals surface area contributed by atoms with Crippen LogP contribution in [0.5, 0.6) is 5.75 Å². The van der Waals surface area contributed by atoms with Gasteiger partial charge in [0.25, 0.3) is 5.91 Å². The number of hydrogen-bond acceptors (Lipinski definition) is 9. The molecule has 2 bridgehead atoms. The fourth-order valence-electron chi connectivity index (χ4n) is 6.88. The van der Waals surface area contributed by atoms with Gasteiger partial charge >= 0.3 is 6.09 Å². The molecule has 0 radical (unpaired) electrons. The highest BCUT2D eigenvalue weighted by Gasteiger charge is 2.62. The lowest BCUT2D eigenvalue weighted by atomic mass is 9.85. The Balaban J connectivity index is 1.46. The molecule has 3 N–H and O–H groups in total. The number of carbonyl (C=O) groups is 4. The van der Waals surface area contributed by atoms with Crippen molar-refractivity contribution in [1.82, 2.24) is 20.3 Å². The third-order valence-corrected chi connectivity index (χ3v) is 11.9. The Labute approximate surface area is 288 Å². The second kappa shape index (κ2) is 14.5. The molecule has 13 nitrogen and oxygen atoms in total. The third kappa shape index (κ3) is 8.48. The lowest BCUT2D eigenvalue weighted by Crippen LogP contribution is -2.60. The van der Waals surface area contributed by atoms with Crippen molar-refractivity contribution >= 4 is 33.8 Å². The summed E-state index contributed by atoms with van der Waals surface area (Å²) in [6.45, 7) is 7.48. The molecule has 49 heavy (non-hydrogen) atoms. The van der Waals surface area contributed by atoms with Crippen LogP contribution in [0, 0.1) is 22.7 Å². The largest absolute Gasteiger partial charge is 0.488 e. The average molecular weight is 700 g/mol. The van der Waals surface area contributed by atoms with Gasteiger partial charge in [0, 0.05) is 6.42 Å². The maximum atomic E-state index is 14.4. The van der Waals surface area contributed by atoms with Crippen LogP contribution in [-0.4, -0.2) is 79.3 Å². The number of aryl methyl sites for hydroxylation is 1. The molecule has 2 saturated carbocycles. The van der Waals surface area contributed by atoms with E-state index in [1.807, 2.05) is 13.0 Å². The van der Waals surface area contributed by atoms with Gasteiger partial charge in [0.15, 0.2) is 0 Å². The van der Waals surface area contributed by atoms with E-state index >= 15 is 0 Å². The van der Waals surface area contributed by atoms with E-state index in [2.05, 4.69) is 21.4 Å². The quantitative estimate of drug-likeness (QED) is 0.400. The Morgan fingerprint density at radius 3 is 2.49 bits per heavy atom. The molecule has 4 amide bonds. The van der Waals surface area contributed by atoms with Gasteiger partial charge < -0.3 is 25.0 Å². The van der Waals surface area contributed by atoms with Crippen LogP contribution in [0.1, 0.15) is 103 Å². The first kappa shape index (κ1) is 36.4. The van der Waals surface area contributed by atoms with Crippen molar-refractivity contribution in [2.45, 2.75) is 127 Å². The van der Waals surface area contributed by atoms with E-state index in [4.69, 9.17) is 9.47 Å². The van der Waals surface area contributed by atoms with Crippen molar-refractivity contribution in [3.8, 4) is 11.8 Å². The highest BCUT2D eigenvalue weighted by molar-refractivity contribution is 7.91. The highest BCUT2D eigenvalue weighted by atomic mass is 32.2. The van der Waals surface area contributed by atoms with Gasteiger partial charge in [-0.05, 0) is 67.6 Å². The zero-order valence-electron chi connectivity index (χ0n) is 28.9. The minimum atomic E-state index is -3.85. The van der Waals surface area contributed by atoms with Gasteiger partial charge in [-0.3, -0.25) is 19.1 Å². The lowest BCUT2D eigenvalue weighted by Gasteiger charge is -2.35. The molecule has 0 spiro atoms. The molecule has 5 rings (SSSR count). The monoisotopic (exact) mass is 699 g/mol. The van der Waals surface area contributed by atoms with E-state index in [1.165, 1.54) is 4.90 Å². The molecule has 1 saturated heterocycles. The second-order valence-electron chi connectivity index (χ2n) is 15.0. The fraction of sp³-hybridized carbons (Fsp3) is 0.686. The maximum absolute atomic E-state index is 14.4. The molecule has 2 aliphatic heterocycles. The highest BCUT2D eigenvalue weighted by Crippen LogP contribution is 2.47. The average Bonchev–Trinajstić information content (AvgIpc) is 3.97. The van der Waals surface area contributed by atoms with E-state index in [9.17, 15) is 32.9 Å². The first-order chi connectivity index (χ1) is 23.2. The summed E-state index contributed by atoms with van der Waals surface area (Å²) >= 11 is 0. The number of sulfonamides is 1. The first-order valence-electron chi connectivity index (χ1n) is 17.5. The molecule has 14 heteroatoms. The second-order valence-corrected chi connectivity index (χ2v) is 16.9. The Morgan fingerprint density at radius 2 is 1.84 bits per heavy atom. The SMILES string of the molecule is CC[C@@H]1C[C@]1(NC(=O)[C@@H]1C[C@@H]2CN1C(=O)[C@H](C(C)(C)C)NC(=O)OCCCCCCCc1ccc(C#N)cc1O2)C(=O)NS(=O)(=O)C1CC1. The van der Waals surface area contributed by atoms with Crippen molar-refractivity contribution in [3.05, 3.63) is 29.3 Å². The normalized spacial score (nSPS) is 28.3. The number of nitriles is 1. The number of rotatable bonds is 6. The summed E-state index contributed by atoms with van der Waals surface area (Å²) in [5, 5.41) is 14.6. The molecule has 2 heterocycles. The van der Waals surface area contributed by atoms with E-state index in [-0.39, 0.29) is 31.9 Å². The van der Waals surface area contributed by atoms with Gasteiger partial charge in [0.05, 0.1) is 30.0 Å². The van der Waals surface area contributed by atoms with Gasteiger partial charge in [-0.15, -0.1) is 0 Å². The van der Waals surface area contributed by atoms with Crippen molar-refractivity contribution in [2.24, 2.45) is 11.3 Å². The van der Waals surface area contributed by atoms with E-state index in [0.29, 0.717) is 43.4 Å². The molecule has 268 valence electrons. The van der Waals surface area contributed by atoms with Crippen LogP contribution in [-0.2, 0) is 35.6 Å². The number of nitrogens with zero attached hydrogens (tertiary/aromatic N) is 2. The molecule has 1 aromatic rings. The van der Waals surface area contributed by atoms with Crippen molar-refractivity contribution in [1.29, 1.82) is 5.26 Å².